The van der Waals surface area contributed by atoms with Crippen molar-refractivity contribution in [3.05, 3.63) is 16.6 Å². The summed E-state index contributed by atoms with van der Waals surface area (Å²) in [4.78, 5) is 8.95. The van der Waals surface area contributed by atoms with Crippen LogP contribution in [-0.4, -0.2) is 26.1 Å². The molecule has 0 aliphatic carbocycles. The van der Waals surface area contributed by atoms with Crippen LogP contribution in [0.5, 0.6) is 0 Å². The average molecular weight is 291 g/mol. The minimum atomic E-state index is 0.0811. The van der Waals surface area contributed by atoms with Crippen molar-refractivity contribution < 1.29 is 0 Å². The molecule has 0 aromatic carbocycles. The molecule has 0 saturated carbocycles. The fourth-order valence-electron chi connectivity index (χ4n) is 1.18. The van der Waals surface area contributed by atoms with Crippen molar-refractivity contribution in [3.63, 3.8) is 0 Å². The topological polar surface area (TPSA) is 25.2 Å². The van der Waals surface area contributed by atoms with Crippen LogP contribution >= 0.6 is 39.0 Å². The molecule has 1 aliphatic rings. The first-order valence-corrected chi connectivity index (χ1v) is 7.07. The van der Waals surface area contributed by atoms with E-state index in [0.29, 0.717) is 6.04 Å². The standard InChI is InChI=1S/C9H11BrN2S2/c1-9(2,10)7-4-14-8(12-7)6-3-13-5-11-6/h3,5,7H,4H2,1-2H3. The van der Waals surface area contributed by atoms with Crippen molar-refractivity contribution in [3.8, 4) is 0 Å². The number of aromatic nitrogens is 1. The van der Waals surface area contributed by atoms with Crippen molar-refractivity contribution >= 4 is 44.1 Å². The Bertz CT molecular complexity index is 340. The Labute approximate surface area is 100 Å². The van der Waals surface area contributed by atoms with Crippen LogP contribution in [0.4, 0.5) is 0 Å². The van der Waals surface area contributed by atoms with Crippen LogP contribution in [0.15, 0.2) is 15.9 Å². The molecule has 2 rings (SSSR count). The van der Waals surface area contributed by atoms with Gasteiger partial charge >= 0.3 is 0 Å². The molecule has 1 aromatic heterocycles. The van der Waals surface area contributed by atoms with Crippen LogP contribution < -0.4 is 0 Å². The minimum absolute atomic E-state index is 0.0811. The molecule has 76 valence electrons. The number of hydrogen-bond acceptors (Lipinski definition) is 4. The molecule has 1 unspecified atom stereocenters. The van der Waals surface area contributed by atoms with Crippen molar-refractivity contribution in [2.45, 2.75) is 24.2 Å². The highest BCUT2D eigenvalue weighted by molar-refractivity contribution is 9.10. The third kappa shape index (κ3) is 2.20. The lowest BCUT2D eigenvalue weighted by Gasteiger charge is -2.20. The molecule has 0 saturated heterocycles. The number of halogens is 1. The van der Waals surface area contributed by atoms with E-state index in [4.69, 9.17) is 0 Å². The van der Waals surface area contributed by atoms with E-state index in [0.717, 1.165) is 16.5 Å². The Morgan fingerprint density at radius 1 is 1.57 bits per heavy atom. The maximum atomic E-state index is 4.68. The van der Waals surface area contributed by atoms with Gasteiger partial charge in [-0.3, -0.25) is 4.99 Å². The summed E-state index contributed by atoms with van der Waals surface area (Å²) in [7, 11) is 0. The first-order valence-electron chi connectivity index (χ1n) is 4.35. The Kier molecular flexibility index (Phi) is 3.00. The lowest BCUT2D eigenvalue weighted by Crippen LogP contribution is -2.28. The van der Waals surface area contributed by atoms with Gasteiger partial charge in [-0.15, -0.1) is 23.1 Å². The second kappa shape index (κ2) is 3.94. The summed E-state index contributed by atoms with van der Waals surface area (Å²) in [6.45, 7) is 4.32. The smallest absolute Gasteiger partial charge is 0.117 e. The first kappa shape index (κ1) is 10.6. The molecule has 0 bridgehead atoms. The second-order valence-corrected chi connectivity index (χ2v) is 7.47. The summed E-state index contributed by atoms with van der Waals surface area (Å²) >= 11 is 7.08. The van der Waals surface area contributed by atoms with Gasteiger partial charge < -0.3 is 0 Å². The lowest BCUT2D eigenvalue weighted by atomic mass is 10.1. The predicted octanol–water partition coefficient (Wildman–Crippen LogP) is 3.18. The van der Waals surface area contributed by atoms with E-state index >= 15 is 0 Å². The quantitative estimate of drug-likeness (QED) is 0.782. The van der Waals surface area contributed by atoms with E-state index in [1.807, 2.05) is 5.51 Å². The van der Waals surface area contributed by atoms with E-state index in [1.165, 1.54) is 0 Å². The third-order valence-electron chi connectivity index (χ3n) is 2.09. The number of alkyl halides is 1. The molecule has 0 radical (unpaired) electrons. The Morgan fingerprint density at radius 2 is 2.36 bits per heavy atom. The molecule has 5 heteroatoms. The fourth-order valence-corrected chi connectivity index (χ4v) is 3.54. The van der Waals surface area contributed by atoms with Crippen molar-refractivity contribution in [1.29, 1.82) is 0 Å². The predicted molar refractivity (Wildman–Crippen MR) is 67.9 cm³/mol. The van der Waals surface area contributed by atoms with Gasteiger partial charge in [0, 0.05) is 15.5 Å². The monoisotopic (exact) mass is 290 g/mol. The molecular formula is C9H11BrN2S2. The van der Waals surface area contributed by atoms with E-state index in [2.05, 4.69) is 45.1 Å². The summed E-state index contributed by atoms with van der Waals surface area (Å²) in [5.74, 6) is 1.05. The number of thiazole rings is 1. The van der Waals surface area contributed by atoms with Crippen molar-refractivity contribution in [2.24, 2.45) is 4.99 Å². The first-order chi connectivity index (χ1) is 6.57. The van der Waals surface area contributed by atoms with Crippen LogP contribution in [0.1, 0.15) is 19.5 Å². The molecule has 0 spiro atoms. The average Bonchev–Trinajstić information content (AvgIpc) is 2.73. The zero-order chi connectivity index (χ0) is 10.2. The Morgan fingerprint density at radius 3 is 2.86 bits per heavy atom. The van der Waals surface area contributed by atoms with Gasteiger partial charge in [0.25, 0.3) is 0 Å². The van der Waals surface area contributed by atoms with Crippen molar-refractivity contribution in [2.75, 3.05) is 5.75 Å². The van der Waals surface area contributed by atoms with Gasteiger partial charge in [-0.2, -0.15) is 0 Å². The highest BCUT2D eigenvalue weighted by Gasteiger charge is 2.31. The molecule has 0 N–H and O–H groups in total. The van der Waals surface area contributed by atoms with E-state index in [1.54, 1.807) is 23.1 Å². The van der Waals surface area contributed by atoms with E-state index in [-0.39, 0.29) is 4.32 Å². The van der Waals surface area contributed by atoms with Gasteiger partial charge in [-0.25, -0.2) is 4.98 Å². The van der Waals surface area contributed by atoms with Crippen LogP contribution in [-0.2, 0) is 0 Å². The SMILES string of the molecule is CC(C)(Br)C1CSC(c2cscn2)=N1. The van der Waals surface area contributed by atoms with Gasteiger partial charge in [-0.05, 0) is 13.8 Å². The largest absolute Gasteiger partial charge is 0.270 e. The Hall–Kier alpha value is 0.130. The molecule has 1 aliphatic heterocycles. The number of rotatable bonds is 2. The Balaban J connectivity index is 2.18. The summed E-state index contributed by atoms with van der Waals surface area (Å²) in [6, 6.07) is 0.351. The maximum absolute atomic E-state index is 4.68. The molecule has 14 heavy (non-hydrogen) atoms. The fraction of sp³-hybridized carbons (Fsp3) is 0.556. The van der Waals surface area contributed by atoms with Gasteiger partial charge in [0.1, 0.15) is 10.7 Å². The number of nitrogens with zero attached hydrogens (tertiary/aromatic N) is 2. The molecule has 1 aromatic rings. The lowest BCUT2D eigenvalue weighted by molar-refractivity contribution is 0.606. The zero-order valence-corrected chi connectivity index (χ0v) is 11.2. The van der Waals surface area contributed by atoms with E-state index in [9.17, 15) is 0 Å². The number of hydrogen-bond donors (Lipinski definition) is 0. The minimum Gasteiger partial charge on any atom is -0.270 e. The van der Waals surface area contributed by atoms with Gasteiger partial charge in [0.2, 0.25) is 0 Å². The van der Waals surface area contributed by atoms with Gasteiger partial charge in [0.15, 0.2) is 0 Å². The number of aliphatic imine (C=N–C) groups is 1. The van der Waals surface area contributed by atoms with Gasteiger partial charge in [0.05, 0.1) is 11.6 Å². The third-order valence-corrected chi connectivity index (χ3v) is 4.28. The molecule has 0 fully saturated rings. The molecule has 2 nitrogen and oxygen atoms in total. The molecule has 2 heterocycles. The zero-order valence-electron chi connectivity index (χ0n) is 8.03. The summed E-state index contributed by atoms with van der Waals surface area (Å²) in [6.07, 6.45) is 0. The second-order valence-electron chi connectivity index (χ2n) is 3.70. The highest BCUT2D eigenvalue weighted by Crippen LogP contribution is 2.33. The van der Waals surface area contributed by atoms with Crippen LogP contribution in [0.3, 0.4) is 0 Å². The van der Waals surface area contributed by atoms with E-state index < -0.39 is 0 Å². The van der Waals surface area contributed by atoms with Crippen LogP contribution in [0.25, 0.3) is 0 Å². The molecule has 1 atom stereocenters. The maximum Gasteiger partial charge on any atom is 0.117 e. The number of thioether (sulfide) groups is 1. The van der Waals surface area contributed by atoms with Crippen LogP contribution in [0.2, 0.25) is 0 Å². The van der Waals surface area contributed by atoms with Crippen molar-refractivity contribution in [1.82, 2.24) is 4.98 Å². The summed E-state index contributed by atoms with van der Waals surface area (Å²) in [5, 5.41) is 3.14. The molecule has 0 amide bonds. The molecular weight excluding hydrogens is 280 g/mol. The van der Waals surface area contributed by atoms with Gasteiger partial charge in [-0.1, -0.05) is 15.9 Å². The summed E-state index contributed by atoms with van der Waals surface area (Å²) in [5.41, 5.74) is 2.88. The summed E-state index contributed by atoms with van der Waals surface area (Å²) < 4.78 is 0.0811. The van der Waals surface area contributed by atoms with Crippen LogP contribution in [0, 0.1) is 0 Å². The normalized spacial score (nSPS) is 22.5. The highest BCUT2D eigenvalue weighted by atomic mass is 79.9.